The molecule has 0 N–H and O–H groups in total. The van der Waals surface area contributed by atoms with Gasteiger partial charge in [-0.05, 0) is 29.9 Å². The number of hydrogen-bond donors (Lipinski definition) is 0. The molecule has 2 heteroatoms. The first-order chi connectivity index (χ1) is 6.84. The van der Waals surface area contributed by atoms with E-state index in [9.17, 15) is 0 Å². The lowest BCUT2D eigenvalue weighted by molar-refractivity contribution is 0.863. The van der Waals surface area contributed by atoms with E-state index in [1.54, 1.807) is 5.19 Å². The molecular formula is C13H22SSi. The molecule has 0 saturated carbocycles. The van der Waals surface area contributed by atoms with Crippen molar-refractivity contribution in [2.75, 3.05) is 6.26 Å². The molecule has 0 unspecified atom stereocenters. The van der Waals surface area contributed by atoms with Gasteiger partial charge in [-0.1, -0.05) is 44.7 Å². The van der Waals surface area contributed by atoms with E-state index in [4.69, 9.17) is 0 Å². The molecule has 1 aromatic rings. The summed E-state index contributed by atoms with van der Waals surface area (Å²) in [5.74, 6) is 0.632. The van der Waals surface area contributed by atoms with E-state index in [-0.39, 0.29) is 0 Å². The van der Waals surface area contributed by atoms with Crippen LogP contribution in [0.25, 0.3) is 0 Å². The predicted octanol–water partition coefficient (Wildman–Crippen LogP) is 4.08. The van der Waals surface area contributed by atoms with Crippen LogP contribution in [0.2, 0.25) is 19.6 Å². The van der Waals surface area contributed by atoms with Crippen molar-refractivity contribution < 1.29 is 0 Å². The fraction of sp³-hybridized carbons (Fsp3) is 0.538. The summed E-state index contributed by atoms with van der Waals surface area (Å²) in [5.41, 5.74) is 1.49. The lowest BCUT2D eigenvalue weighted by Gasteiger charge is -2.20. The molecule has 0 heterocycles. The maximum absolute atomic E-state index is 2.41. The van der Waals surface area contributed by atoms with E-state index >= 15 is 0 Å². The second-order valence-electron chi connectivity index (χ2n) is 5.40. The summed E-state index contributed by atoms with van der Waals surface area (Å²) in [5, 5.41) is 1.58. The molecule has 0 bridgehead atoms. The highest BCUT2D eigenvalue weighted by atomic mass is 32.2. The molecule has 0 saturated heterocycles. The van der Waals surface area contributed by atoms with Crippen molar-refractivity contribution in [3.05, 3.63) is 23.8 Å². The molecular weight excluding hydrogens is 216 g/mol. The average molecular weight is 238 g/mol. The van der Waals surface area contributed by atoms with Gasteiger partial charge in [-0.25, -0.2) is 0 Å². The van der Waals surface area contributed by atoms with Crippen LogP contribution < -0.4 is 5.19 Å². The SMILES string of the molecule is CSc1cc(C(C)C)cc([Si](C)(C)C)c1. The molecule has 0 aliphatic carbocycles. The maximum Gasteiger partial charge on any atom is 0.0776 e. The molecule has 0 aromatic heterocycles. The summed E-state index contributed by atoms with van der Waals surface area (Å²) < 4.78 is 0. The molecule has 0 spiro atoms. The van der Waals surface area contributed by atoms with E-state index in [0.717, 1.165) is 0 Å². The van der Waals surface area contributed by atoms with Crippen LogP contribution in [-0.4, -0.2) is 14.3 Å². The lowest BCUT2D eigenvalue weighted by atomic mass is 10.0. The second kappa shape index (κ2) is 4.75. The van der Waals surface area contributed by atoms with E-state index in [1.807, 2.05) is 11.8 Å². The zero-order valence-corrected chi connectivity index (χ0v) is 12.5. The van der Waals surface area contributed by atoms with Gasteiger partial charge in [0.2, 0.25) is 0 Å². The van der Waals surface area contributed by atoms with E-state index in [1.165, 1.54) is 10.5 Å². The molecule has 0 atom stereocenters. The number of rotatable bonds is 3. The highest BCUT2D eigenvalue weighted by molar-refractivity contribution is 7.98. The van der Waals surface area contributed by atoms with Crippen molar-refractivity contribution in [1.29, 1.82) is 0 Å². The van der Waals surface area contributed by atoms with Crippen molar-refractivity contribution in [2.45, 2.75) is 44.3 Å². The van der Waals surface area contributed by atoms with Crippen LogP contribution in [0.1, 0.15) is 25.3 Å². The van der Waals surface area contributed by atoms with E-state index in [2.05, 4.69) is 57.9 Å². The molecule has 0 aliphatic heterocycles. The van der Waals surface area contributed by atoms with Gasteiger partial charge in [0.05, 0.1) is 8.07 Å². The monoisotopic (exact) mass is 238 g/mol. The molecule has 0 aliphatic rings. The van der Waals surface area contributed by atoms with Crippen LogP contribution in [0.15, 0.2) is 23.1 Å². The van der Waals surface area contributed by atoms with Gasteiger partial charge in [-0.15, -0.1) is 11.8 Å². The van der Waals surface area contributed by atoms with Crippen molar-refractivity contribution in [1.82, 2.24) is 0 Å². The van der Waals surface area contributed by atoms with Crippen LogP contribution in [0, 0.1) is 0 Å². The summed E-state index contributed by atoms with van der Waals surface area (Å²) in [4.78, 5) is 1.42. The molecule has 0 amide bonds. The third-order valence-electron chi connectivity index (χ3n) is 2.70. The quantitative estimate of drug-likeness (QED) is 0.565. The number of thioether (sulfide) groups is 1. The van der Waals surface area contributed by atoms with Gasteiger partial charge in [0.1, 0.15) is 0 Å². The smallest absolute Gasteiger partial charge is 0.0776 e. The van der Waals surface area contributed by atoms with Gasteiger partial charge in [-0.3, -0.25) is 0 Å². The Labute approximate surface area is 99.5 Å². The fourth-order valence-corrected chi connectivity index (χ4v) is 3.30. The van der Waals surface area contributed by atoms with Crippen molar-refractivity contribution in [3.63, 3.8) is 0 Å². The van der Waals surface area contributed by atoms with Crippen LogP contribution in [0.5, 0.6) is 0 Å². The summed E-state index contributed by atoms with van der Waals surface area (Å²) in [6.45, 7) is 11.8. The normalized spacial score (nSPS) is 12.2. The van der Waals surface area contributed by atoms with Crippen LogP contribution in [0.4, 0.5) is 0 Å². The first-order valence-electron chi connectivity index (χ1n) is 5.54. The number of hydrogen-bond acceptors (Lipinski definition) is 1. The minimum atomic E-state index is -1.17. The molecule has 0 radical (unpaired) electrons. The maximum atomic E-state index is 2.41. The summed E-state index contributed by atoms with van der Waals surface area (Å²) in [7, 11) is -1.17. The molecule has 0 nitrogen and oxygen atoms in total. The van der Waals surface area contributed by atoms with Gasteiger partial charge in [-0.2, -0.15) is 0 Å². The van der Waals surface area contributed by atoms with Crippen LogP contribution in [-0.2, 0) is 0 Å². The molecule has 84 valence electrons. The summed E-state index contributed by atoms with van der Waals surface area (Å²) >= 11 is 1.85. The zero-order valence-electron chi connectivity index (χ0n) is 10.7. The van der Waals surface area contributed by atoms with E-state index in [0.29, 0.717) is 5.92 Å². The Morgan fingerprint density at radius 2 is 1.67 bits per heavy atom. The first-order valence-corrected chi connectivity index (χ1v) is 10.3. The van der Waals surface area contributed by atoms with Crippen molar-refractivity contribution >= 4 is 25.0 Å². The summed E-state index contributed by atoms with van der Waals surface area (Å²) in [6, 6.07) is 7.12. The second-order valence-corrected chi connectivity index (χ2v) is 11.4. The number of benzene rings is 1. The first kappa shape index (κ1) is 12.9. The highest BCUT2D eigenvalue weighted by Gasteiger charge is 2.18. The largest absolute Gasteiger partial charge is 0.130 e. The predicted molar refractivity (Wildman–Crippen MR) is 75.3 cm³/mol. The van der Waals surface area contributed by atoms with Gasteiger partial charge in [0, 0.05) is 4.90 Å². The molecule has 1 aromatic carbocycles. The minimum absolute atomic E-state index is 0.632. The van der Waals surface area contributed by atoms with E-state index < -0.39 is 8.07 Å². The van der Waals surface area contributed by atoms with Gasteiger partial charge in [0.15, 0.2) is 0 Å². The third-order valence-corrected chi connectivity index (χ3v) is 5.43. The zero-order chi connectivity index (χ0) is 11.6. The Hall–Kier alpha value is -0.213. The minimum Gasteiger partial charge on any atom is -0.130 e. The summed E-state index contributed by atoms with van der Waals surface area (Å²) in [6.07, 6.45) is 2.16. The van der Waals surface area contributed by atoms with Gasteiger partial charge in [0.25, 0.3) is 0 Å². The highest BCUT2D eigenvalue weighted by Crippen LogP contribution is 2.22. The Bertz CT molecular complexity index is 337. The van der Waals surface area contributed by atoms with Gasteiger partial charge < -0.3 is 0 Å². The fourth-order valence-electron chi connectivity index (χ4n) is 1.51. The standard InChI is InChI=1S/C13H22SSi/c1-10(2)11-7-12(14-3)9-13(8-11)15(4,5)6/h7-10H,1-6H3. The van der Waals surface area contributed by atoms with Crippen molar-refractivity contribution in [3.8, 4) is 0 Å². The lowest BCUT2D eigenvalue weighted by Crippen LogP contribution is -2.37. The van der Waals surface area contributed by atoms with Crippen molar-refractivity contribution in [2.24, 2.45) is 0 Å². The Morgan fingerprint density at radius 1 is 1.07 bits per heavy atom. The van der Waals surface area contributed by atoms with Crippen LogP contribution in [0.3, 0.4) is 0 Å². The topological polar surface area (TPSA) is 0 Å². The Morgan fingerprint density at radius 3 is 2.07 bits per heavy atom. The van der Waals surface area contributed by atoms with Crippen LogP contribution >= 0.6 is 11.8 Å². The molecule has 0 fully saturated rings. The Kier molecular flexibility index (Phi) is 4.07. The molecule has 15 heavy (non-hydrogen) atoms. The average Bonchev–Trinajstić information content (AvgIpc) is 2.15. The molecule has 1 rings (SSSR count). The Balaban J connectivity index is 3.23. The van der Waals surface area contributed by atoms with Gasteiger partial charge >= 0.3 is 0 Å². The third kappa shape index (κ3) is 3.39.